The third-order valence-electron chi connectivity index (χ3n) is 3.47. The molecule has 104 valence electrons. The van der Waals surface area contributed by atoms with Crippen LogP contribution >= 0.6 is 0 Å². The largest absolute Gasteiger partial charge is 0.468 e. The van der Waals surface area contributed by atoms with Crippen LogP contribution in [0.5, 0.6) is 0 Å². The molecule has 1 atom stereocenters. The van der Waals surface area contributed by atoms with Gasteiger partial charge < -0.3 is 4.74 Å². The molecule has 19 heavy (non-hydrogen) atoms. The van der Waals surface area contributed by atoms with Gasteiger partial charge in [0.05, 0.1) is 7.11 Å². The van der Waals surface area contributed by atoms with E-state index in [1.54, 1.807) is 6.08 Å². The van der Waals surface area contributed by atoms with Crippen molar-refractivity contribution in [2.75, 3.05) is 7.11 Å². The van der Waals surface area contributed by atoms with E-state index < -0.39 is 11.4 Å². The highest BCUT2D eigenvalue weighted by Crippen LogP contribution is 2.36. The summed E-state index contributed by atoms with van der Waals surface area (Å²) < 4.78 is 4.80. The summed E-state index contributed by atoms with van der Waals surface area (Å²) in [6.45, 7) is 3.38. The number of Topliss-reactive ketones (excluding diaryl/α,β-unsaturated/α-hetero) is 1. The Morgan fingerprint density at radius 2 is 2.11 bits per heavy atom. The van der Waals surface area contributed by atoms with E-state index in [0.29, 0.717) is 19.3 Å². The van der Waals surface area contributed by atoms with Gasteiger partial charge in [0, 0.05) is 6.42 Å². The van der Waals surface area contributed by atoms with Crippen molar-refractivity contribution in [1.29, 1.82) is 0 Å². The Morgan fingerprint density at radius 1 is 1.42 bits per heavy atom. The third-order valence-corrected chi connectivity index (χ3v) is 3.47. The van der Waals surface area contributed by atoms with Gasteiger partial charge in [0.1, 0.15) is 5.41 Å². The lowest BCUT2D eigenvalue weighted by molar-refractivity contribution is -0.157. The summed E-state index contributed by atoms with van der Waals surface area (Å²) in [4.78, 5) is 35.3. The molecule has 0 radical (unpaired) electrons. The average Bonchev–Trinajstić information content (AvgIpc) is 2.51. The second-order valence-electron chi connectivity index (χ2n) is 4.97. The van der Waals surface area contributed by atoms with Crippen LogP contribution in [-0.4, -0.2) is 24.6 Å². The zero-order valence-electron chi connectivity index (χ0n) is 11.7. The lowest BCUT2D eigenvalue weighted by Gasteiger charge is -2.26. The molecule has 0 amide bonds. The summed E-state index contributed by atoms with van der Waals surface area (Å²) in [5.41, 5.74) is -0.0620. The van der Waals surface area contributed by atoms with Crippen molar-refractivity contribution in [2.24, 2.45) is 5.41 Å². The highest BCUT2D eigenvalue weighted by atomic mass is 16.5. The van der Waals surface area contributed by atoms with Gasteiger partial charge in [-0.3, -0.25) is 14.4 Å². The van der Waals surface area contributed by atoms with E-state index in [-0.39, 0.29) is 18.0 Å². The molecule has 0 spiro atoms. The first-order valence-electron chi connectivity index (χ1n) is 6.37. The first-order chi connectivity index (χ1) is 8.92. The lowest BCUT2D eigenvalue weighted by atomic mass is 9.76. The topological polar surface area (TPSA) is 60.4 Å². The summed E-state index contributed by atoms with van der Waals surface area (Å²) in [5.74, 6) is -0.731. The molecular formula is C15H20O4. The van der Waals surface area contributed by atoms with Gasteiger partial charge >= 0.3 is 5.97 Å². The minimum atomic E-state index is -1.17. The SMILES string of the molecule is COC(=O)C1(C/C=C/C(C)=O)CC=C(C)CCC1=O. The summed E-state index contributed by atoms with van der Waals surface area (Å²) in [7, 11) is 1.29. The van der Waals surface area contributed by atoms with Crippen LogP contribution in [0.1, 0.15) is 39.5 Å². The molecule has 0 fully saturated rings. The van der Waals surface area contributed by atoms with E-state index in [2.05, 4.69) is 0 Å². The molecule has 1 aliphatic carbocycles. The fourth-order valence-corrected chi connectivity index (χ4v) is 2.21. The number of hydrogen-bond acceptors (Lipinski definition) is 4. The van der Waals surface area contributed by atoms with Crippen LogP contribution in [0.15, 0.2) is 23.8 Å². The highest BCUT2D eigenvalue weighted by Gasteiger charge is 2.45. The van der Waals surface area contributed by atoms with Gasteiger partial charge in [-0.05, 0) is 39.2 Å². The van der Waals surface area contributed by atoms with Crippen molar-refractivity contribution in [2.45, 2.75) is 39.5 Å². The van der Waals surface area contributed by atoms with Gasteiger partial charge in [-0.2, -0.15) is 0 Å². The minimum absolute atomic E-state index is 0.104. The standard InChI is InChI=1S/C15H20O4/c1-11-6-7-13(17)15(10-8-11,14(18)19-3)9-4-5-12(2)16/h4-5,8H,6-7,9-10H2,1-3H3/b5-4+. The van der Waals surface area contributed by atoms with Gasteiger partial charge in [0.25, 0.3) is 0 Å². The number of carbonyl (C=O) groups is 3. The summed E-state index contributed by atoms with van der Waals surface area (Å²) >= 11 is 0. The molecule has 4 heteroatoms. The van der Waals surface area contributed by atoms with Crippen molar-refractivity contribution in [3.8, 4) is 0 Å². The van der Waals surface area contributed by atoms with E-state index in [1.807, 2.05) is 13.0 Å². The van der Waals surface area contributed by atoms with Gasteiger partial charge in [-0.15, -0.1) is 0 Å². The second kappa shape index (κ2) is 6.45. The Kier molecular flexibility index (Phi) is 5.21. The Labute approximate surface area is 113 Å². The third kappa shape index (κ3) is 3.63. The van der Waals surface area contributed by atoms with E-state index >= 15 is 0 Å². The fraction of sp³-hybridized carbons (Fsp3) is 0.533. The summed E-state index contributed by atoms with van der Waals surface area (Å²) in [5, 5.41) is 0. The molecule has 4 nitrogen and oxygen atoms in total. The predicted molar refractivity (Wildman–Crippen MR) is 71.5 cm³/mol. The quantitative estimate of drug-likeness (QED) is 0.338. The van der Waals surface area contributed by atoms with Crippen LogP contribution in [-0.2, 0) is 19.1 Å². The minimum Gasteiger partial charge on any atom is -0.468 e. The molecule has 1 unspecified atom stereocenters. The maximum absolute atomic E-state index is 12.3. The number of rotatable bonds is 4. The highest BCUT2D eigenvalue weighted by molar-refractivity contribution is 6.04. The van der Waals surface area contributed by atoms with Gasteiger partial charge in [-0.1, -0.05) is 17.7 Å². The van der Waals surface area contributed by atoms with E-state index in [9.17, 15) is 14.4 Å². The molecule has 0 saturated heterocycles. The van der Waals surface area contributed by atoms with Crippen LogP contribution in [0.2, 0.25) is 0 Å². The zero-order valence-corrected chi connectivity index (χ0v) is 11.7. The molecule has 1 aliphatic rings. The number of allylic oxidation sites excluding steroid dienone is 4. The van der Waals surface area contributed by atoms with E-state index in [0.717, 1.165) is 5.57 Å². The van der Waals surface area contributed by atoms with E-state index in [4.69, 9.17) is 4.74 Å². The number of ketones is 2. The Balaban J connectivity index is 3.07. The Bertz CT molecular complexity index is 445. The van der Waals surface area contributed by atoms with Crippen LogP contribution in [0.3, 0.4) is 0 Å². The van der Waals surface area contributed by atoms with E-state index in [1.165, 1.54) is 20.1 Å². The smallest absolute Gasteiger partial charge is 0.319 e. The second-order valence-corrected chi connectivity index (χ2v) is 4.97. The van der Waals surface area contributed by atoms with Gasteiger partial charge in [-0.25, -0.2) is 0 Å². The number of ether oxygens (including phenoxy) is 1. The van der Waals surface area contributed by atoms with Crippen LogP contribution in [0, 0.1) is 5.41 Å². The van der Waals surface area contributed by atoms with Crippen LogP contribution in [0.25, 0.3) is 0 Å². The zero-order chi connectivity index (χ0) is 14.5. The maximum Gasteiger partial charge on any atom is 0.319 e. The van der Waals surface area contributed by atoms with Crippen molar-refractivity contribution >= 4 is 17.5 Å². The van der Waals surface area contributed by atoms with Gasteiger partial charge in [0.15, 0.2) is 11.6 Å². The number of hydrogen-bond donors (Lipinski definition) is 0. The normalized spacial score (nSPS) is 23.9. The average molecular weight is 264 g/mol. The number of esters is 1. The predicted octanol–water partition coefficient (Wildman–Crippen LogP) is 2.38. The molecule has 0 aromatic heterocycles. The lowest BCUT2D eigenvalue weighted by Crippen LogP contribution is -2.39. The Hall–Kier alpha value is -1.71. The molecule has 0 aromatic rings. The maximum atomic E-state index is 12.3. The molecule has 0 saturated carbocycles. The molecule has 0 N–H and O–H groups in total. The first-order valence-corrected chi connectivity index (χ1v) is 6.37. The van der Waals surface area contributed by atoms with Crippen molar-refractivity contribution in [1.82, 2.24) is 0 Å². The number of methoxy groups -OCH3 is 1. The molecule has 0 bridgehead atoms. The molecule has 0 aromatic carbocycles. The molecule has 0 aliphatic heterocycles. The summed E-state index contributed by atoms with van der Waals surface area (Å²) in [6, 6.07) is 0. The molecule has 0 heterocycles. The van der Waals surface area contributed by atoms with Crippen molar-refractivity contribution in [3.63, 3.8) is 0 Å². The van der Waals surface area contributed by atoms with Gasteiger partial charge in [0.2, 0.25) is 0 Å². The fourth-order valence-electron chi connectivity index (χ4n) is 2.21. The summed E-state index contributed by atoms with van der Waals surface area (Å²) in [6.07, 6.45) is 6.46. The molecular weight excluding hydrogens is 244 g/mol. The molecule has 1 rings (SSSR count). The van der Waals surface area contributed by atoms with Crippen molar-refractivity contribution in [3.05, 3.63) is 23.8 Å². The van der Waals surface area contributed by atoms with Crippen molar-refractivity contribution < 1.29 is 19.1 Å². The van der Waals surface area contributed by atoms with Crippen LogP contribution < -0.4 is 0 Å². The monoisotopic (exact) mass is 264 g/mol. The first kappa shape index (κ1) is 15.3. The Morgan fingerprint density at radius 3 is 2.68 bits per heavy atom. The number of carbonyl (C=O) groups excluding carboxylic acids is 3. The van der Waals surface area contributed by atoms with Crippen LogP contribution in [0.4, 0.5) is 0 Å².